The van der Waals surface area contributed by atoms with Gasteiger partial charge in [0, 0.05) is 11.0 Å². The molecule has 16 heavy (non-hydrogen) atoms. The molecule has 2 atom stereocenters. The SMILES string of the molecule is CC1=CC=CC(O)C1(C)c1ccccc1O. The molecule has 2 heteroatoms. The first-order chi connectivity index (χ1) is 7.56. The fraction of sp³-hybridized carbons (Fsp3) is 0.286. The Balaban J connectivity index is 2.58. The number of benzene rings is 1. The Bertz CT molecular complexity index is 460. The van der Waals surface area contributed by atoms with E-state index in [4.69, 9.17) is 0 Å². The average Bonchev–Trinajstić information content (AvgIpc) is 2.26. The van der Waals surface area contributed by atoms with Crippen molar-refractivity contribution in [2.24, 2.45) is 0 Å². The monoisotopic (exact) mass is 216 g/mol. The maximum atomic E-state index is 10.1. The van der Waals surface area contributed by atoms with E-state index in [9.17, 15) is 10.2 Å². The fourth-order valence-corrected chi connectivity index (χ4v) is 2.19. The van der Waals surface area contributed by atoms with Gasteiger partial charge in [-0.15, -0.1) is 0 Å². The van der Waals surface area contributed by atoms with E-state index in [0.717, 1.165) is 11.1 Å². The summed E-state index contributed by atoms with van der Waals surface area (Å²) in [6, 6.07) is 7.17. The number of para-hydroxylation sites is 1. The van der Waals surface area contributed by atoms with Crippen molar-refractivity contribution in [3.63, 3.8) is 0 Å². The van der Waals surface area contributed by atoms with Crippen molar-refractivity contribution >= 4 is 0 Å². The maximum Gasteiger partial charge on any atom is 0.119 e. The van der Waals surface area contributed by atoms with Crippen LogP contribution in [0.15, 0.2) is 48.1 Å². The summed E-state index contributed by atoms with van der Waals surface area (Å²) < 4.78 is 0. The van der Waals surface area contributed by atoms with Gasteiger partial charge in [-0.3, -0.25) is 0 Å². The third kappa shape index (κ3) is 1.46. The zero-order chi connectivity index (χ0) is 11.8. The zero-order valence-corrected chi connectivity index (χ0v) is 9.51. The first-order valence-corrected chi connectivity index (χ1v) is 5.39. The van der Waals surface area contributed by atoms with Gasteiger partial charge in [0.2, 0.25) is 0 Å². The van der Waals surface area contributed by atoms with Gasteiger partial charge in [0.25, 0.3) is 0 Å². The van der Waals surface area contributed by atoms with Gasteiger partial charge in [-0.25, -0.2) is 0 Å². The van der Waals surface area contributed by atoms with Crippen LogP contribution in [0, 0.1) is 0 Å². The van der Waals surface area contributed by atoms with Crippen molar-refractivity contribution < 1.29 is 10.2 Å². The fourth-order valence-electron chi connectivity index (χ4n) is 2.19. The highest BCUT2D eigenvalue weighted by Crippen LogP contribution is 2.41. The minimum atomic E-state index is -0.606. The van der Waals surface area contributed by atoms with Crippen LogP contribution in [-0.2, 0) is 5.41 Å². The van der Waals surface area contributed by atoms with Crippen molar-refractivity contribution in [2.75, 3.05) is 0 Å². The van der Waals surface area contributed by atoms with Gasteiger partial charge in [0.05, 0.1) is 6.10 Å². The van der Waals surface area contributed by atoms with Crippen LogP contribution in [0.5, 0.6) is 5.75 Å². The topological polar surface area (TPSA) is 40.5 Å². The van der Waals surface area contributed by atoms with Crippen molar-refractivity contribution in [3.8, 4) is 5.75 Å². The van der Waals surface area contributed by atoms with Crippen LogP contribution in [0.25, 0.3) is 0 Å². The van der Waals surface area contributed by atoms with E-state index < -0.39 is 11.5 Å². The molecule has 1 aliphatic carbocycles. The lowest BCUT2D eigenvalue weighted by Crippen LogP contribution is -2.38. The number of aliphatic hydroxyl groups excluding tert-OH is 1. The highest BCUT2D eigenvalue weighted by molar-refractivity contribution is 5.48. The third-order valence-electron chi connectivity index (χ3n) is 3.51. The summed E-state index contributed by atoms with van der Waals surface area (Å²) in [7, 11) is 0. The smallest absolute Gasteiger partial charge is 0.119 e. The molecule has 0 heterocycles. The molecule has 2 nitrogen and oxygen atoms in total. The molecule has 0 spiro atoms. The van der Waals surface area contributed by atoms with Crippen LogP contribution >= 0.6 is 0 Å². The van der Waals surface area contributed by atoms with Gasteiger partial charge in [-0.05, 0) is 19.9 Å². The van der Waals surface area contributed by atoms with E-state index >= 15 is 0 Å². The Labute approximate surface area is 95.6 Å². The minimum absolute atomic E-state index is 0.229. The Kier molecular flexibility index (Phi) is 2.60. The number of phenolic OH excluding ortho intramolecular Hbond substituents is 1. The number of aromatic hydroxyl groups is 1. The molecule has 0 fully saturated rings. The highest BCUT2D eigenvalue weighted by atomic mass is 16.3. The summed E-state index contributed by atoms with van der Waals surface area (Å²) in [6.07, 6.45) is 4.96. The summed E-state index contributed by atoms with van der Waals surface area (Å²) >= 11 is 0. The van der Waals surface area contributed by atoms with Crippen molar-refractivity contribution in [1.29, 1.82) is 0 Å². The summed E-state index contributed by atoms with van der Waals surface area (Å²) in [5, 5.41) is 20.0. The quantitative estimate of drug-likeness (QED) is 0.757. The Morgan fingerprint density at radius 2 is 1.94 bits per heavy atom. The summed E-state index contributed by atoms with van der Waals surface area (Å²) in [4.78, 5) is 0. The molecule has 0 amide bonds. The van der Waals surface area contributed by atoms with Gasteiger partial charge >= 0.3 is 0 Å². The highest BCUT2D eigenvalue weighted by Gasteiger charge is 2.38. The predicted octanol–water partition coefficient (Wildman–Crippen LogP) is 2.53. The van der Waals surface area contributed by atoms with E-state index in [2.05, 4.69) is 0 Å². The maximum absolute atomic E-state index is 10.1. The van der Waals surface area contributed by atoms with Crippen molar-refractivity contribution in [1.82, 2.24) is 0 Å². The van der Waals surface area contributed by atoms with Gasteiger partial charge < -0.3 is 10.2 Å². The minimum Gasteiger partial charge on any atom is -0.508 e. The van der Waals surface area contributed by atoms with E-state index in [1.165, 1.54) is 0 Å². The van der Waals surface area contributed by atoms with Gasteiger partial charge in [0.15, 0.2) is 0 Å². The zero-order valence-electron chi connectivity index (χ0n) is 9.51. The lowest BCUT2D eigenvalue weighted by atomic mass is 9.69. The Morgan fingerprint density at radius 3 is 2.56 bits per heavy atom. The molecule has 0 saturated carbocycles. The third-order valence-corrected chi connectivity index (χ3v) is 3.51. The summed E-state index contributed by atoms with van der Waals surface area (Å²) in [5.41, 5.74) is 1.27. The van der Waals surface area contributed by atoms with Crippen molar-refractivity contribution in [2.45, 2.75) is 25.4 Å². The van der Waals surface area contributed by atoms with E-state index in [1.807, 2.05) is 38.1 Å². The molecule has 0 aliphatic heterocycles. The standard InChI is InChI=1S/C14H16O2/c1-10-6-5-9-13(16)14(10,2)11-7-3-4-8-12(11)15/h3-9,13,15-16H,1-2H3. The first-order valence-electron chi connectivity index (χ1n) is 5.39. The van der Waals surface area contributed by atoms with Crippen LogP contribution < -0.4 is 0 Å². The molecule has 0 radical (unpaired) electrons. The molecule has 0 saturated heterocycles. The molecule has 1 aliphatic rings. The molecule has 0 bridgehead atoms. The van der Waals surface area contributed by atoms with Gasteiger partial charge in [-0.2, -0.15) is 0 Å². The van der Waals surface area contributed by atoms with E-state index in [-0.39, 0.29) is 5.75 Å². The molecule has 84 valence electrons. The van der Waals surface area contributed by atoms with Crippen molar-refractivity contribution in [3.05, 3.63) is 53.6 Å². The number of allylic oxidation sites excluding steroid dienone is 2. The van der Waals surface area contributed by atoms with Crippen LogP contribution in [-0.4, -0.2) is 16.3 Å². The van der Waals surface area contributed by atoms with E-state index in [0.29, 0.717) is 0 Å². The molecule has 2 N–H and O–H groups in total. The normalized spacial score (nSPS) is 28.9. The van der Waals surface area contributed by atoms with Gasteiger partial charge in [0.1, 0.15) is 5.75 Å². The Hall–Kier alpha value is -1.54. The molecule has 1 aromatic rings. The Morgan fingerprint density at radius 1 is 1.25 bits per heavy atom. The lowest BCUT2D eigenvalue weighted by molar-refractivity contribution is 0.150. The van der Waals surface area contributed by atoms with Gasteiger partial charge in [-0.1, -0.05) is 42.0 Å². The first kappa shape index (κ1) is 11.0. The summed E-state index contributed by atoms with van der Waals surface area (Å²) in [5.74, 6) is 0.229. The van der Waals surface area contributed by atoms with Crippen LogP contribution in [0.2, 0.25) is 0 Å². The number of hydrogen-bond acceptors (Lipinski definition) is 2. The van der Waals surface area contributed by atoms with E-state index in [1.54, 1.807) is 18.2 Å². The predicted molar refractivity (Wildman–Crippen MR) is 64.4 cm³/mol. The summed E-state index contributed by atoms with van der Waals surface area (Å²) in [6.45, 7) is 3.92. The van der Waals surface area contributed by atoms with Crippen LogP contribution in [0.4, 0.5) is 0 Å². The number of hydrogen-bond donors (Lipinski definition) is 2. The number of aliphatic hydroxyl groups is 1. The lowest BCUT2D eigenvalue weighted by Gasteiger charge is -2.37. The second-order valence-corrected chi connectivity index (χ2v) is 4.40. The van der Waals surface area contributed by atoms with Crippen LogP contribution in [0.1, 0.15) is 19.4 Å². The number of rotatable bonds is 1. The second-order valence-electron chi connectivity index (χ2n) is 4.40. The van der Waals surface area contributed by atoms with Crippen LogP contribution in [0.3, 0.4) is 0 Å². The molecule has 1 aromatic carbocycles. The molecule has 2 unspecified atom stereocenters. The molecule has 0 aromatic heterocycles. The molecular formula is C14H16O2. The number of phenols is 1. The molecule has 2 rings (SSSR count). The molecular weight excluding hydrogens is 200 g/mol. The largest absolute Gasteiger partial charge is 0.508 e. The second kappa shape index (κ2) is 3.80. The average molecular weight is 216 g/mol.